The zero-order valence-electron chi connectivity index (χ0n) is 20.2. The fourth-order valence-corrected chi connectivity index (χ4v) is 5.16. The number of alkyl halides is 3. The van der Waals surface area contributed by atoms with E-state index in [1.807, 2.05) is 12.1 Å². The van der Waals surface area contributed by atoms with E-state index >= 15 is 0 Å². The number of morpholine rings is 1. The minimum absolute atomic E-state index is 0.0207. The van der Waals surface area contributed by atoms with E-state index < -0.39 is 11.7 Å². The zero-order chi connectivity index (χ0) is 26.0. The summed E-state index contributed by atoms with van der Waals surface area (Å²) in [7, 11) is 0. The van der Waals surface area contributed by atoms with Gasteiger partial charge in [-0.2, -0.15) is 18.4 Å². The van der Waals surface area contributed by atoms with Crippen molar-refractivity contribution in [3.05, 3.63) is 35.7 Å². The number of nitriles is 1. The van der Waals surface area contributed by atoms with Crippen LogP contribution in [0.5, 0.6) is 0 Å². The molecule has 4 heterocycles. The van der Waals surface area contributed by atoms with E-state index in [-0.39, 0.29) is 54.3 Å². The molecule has 0 saturated carbocycles. The molecule has 0 aromatic carbocycles. The number of carbonyl (C=O) groups excluding carboxylic acids is 1. The predicted molar refractivity (Wildman–Crippen MR) is 126 cm³/mol. The number of rotatable bonds is 4. The molecule has 1 aliphatic carbocycles. The highest BCUT2D eigenvalue weighted by Crippen LogP contribution is 2.40. The number of likely N-dealkylation sites (tertiary alicyclic amines) is 1. The summed E-state index contributed by atoms with van der Waals surface area (Å²) in [6.45, 7) is 3.83. The molecule has 4 aliphatic rings. The van der Waals surface area contributed by atoms with Crippen LogP contribution in [-0.2, 0) is 20.4 Å². The number of hydrogen-bond acceptors (Lipinski definition) is 8. The summed E-state index contributed by atoms with van der Waals surface area (Å²) < 4.78 is 52.8. The topological polar surface area (TPSA) is 104 Å². The first kappa shape index (κ1) is 25.4. The highest BCUT2D eigenvalue weighted by Gasteiger charge is 2.41. The molecule has 3 atom stereocenters. The summed E-state index contributed by atoms with van der Waals surface area (Å²) in [5.74, 6) is -0.615. The van der Waals surface area contributed by atoms with Crippen LogP contribution in [-0.4, -0.2) is 82.9 Å². The maximum Gasteiger partial charge on any atom is 0.420 e. The number of fused-ring (bicyclic) bond motifs is 1. The third kappa shape index (κ3) is 5.67. The smallest absolute Gasteiger partial charge is 0.420 e. The number of allylic oxidation sites excluding steroid dienone is 1. The Morgan fingerprint density at radius 1 is 1.24 bits per heavy atom. The first-order valence-electron chi connectivity index (χ1n) is 12.4. The Kier molecular flexibility index (Phi) is 7.26. The Morgan fingerprint density at radius 2 is 2.05 bits per heavy atom. The first-order valence-corrected chi connectivity index (χ1v) is 12.4. The summed E-state index contributed by atoms with van der Waals surface area (Å²) in [6, 6.07) is 2.12. The van der Waals surface area contributed by atoms with Gasteiger partial charge in [0.2, 0.25) is 11.9 Å². The van der Waals surface area contributed by atoms with E-state index in [0.29, 0.717) is 38.3 Å². The first-order chi connectivity index (χ1) is 17.8. The van der Waals surface area contributed by atoms with Crippen molar-refractivity contribution >= 4 is 23.3 Å². The molecule has 0 N–H and O–H groups in total. The lowest BCUT2D eigenvalue weighted by atomic mass is 9.95. The molecular formula is C25H27F3N6O3. The second-order valence-electron chi connectivity index (χ2n) is 9.46. The number of halogens is 3. The largest absolute Gasteiger partial charge is 0.488 e. The van der Waals surface area contributed by atoms with Crippen molar-refractivity contribution in [2.45, 2.75) is 44.0 Å². The molecule has 9 nitrogen and oxygen atoms in total. The Morgan fingerprint density at radius 3 is 2.76 bits per heavy atom. The zero-order valence-corrected chi connectivity index (χ0v) is 20.2. The normalized spacial score (nSPS) is 27.4. The van der Waals surface area contributed by atoms with Gasteiger partial charge in [-0.3, -0.25) is 9.69 Å². The van der Waals surface area contributed by atoms with Crippen LogP contribution in [0.1, 0.15) is 36.9 Å². The van der Waals surface area contributed by atoms with E-state index in [4.69, 9.17) is 14.7 Å². The van der Waals surface area contributed by atoms with Gasteiger partial charge in [-0.15, -0.1) is 0 Å². The lowest BCUT2D eigenvalue weighted by Crippen LogP contribution is -2.44. The summed E-state index contributed by atoms with van der Waals surface area (Å²) in [6.07, 6.45) is 2.99. The van der Waals surface area contributed by atoms with Crippen LogP contribution in [0.15, 0.2) is 29.4 Å². The van der Waals surface area contributed by atoms with Gasteiger partial charge in [-0.25, -0.2) is 15.0 Å². The molecule has 12 heteroatoms. The van der Waals surface area contributed by atoms with E-state index in [0.717, 1.165) is 25.7 Å². The molecule has 3 unspecified atom stereocenters. The van der Waals surface area contributed by atoms with E-state index in [1.54, 1.807) is 11.0 Å². The second-order valence-corrected chi connectivity index (χ2v) is 9.46. The Balaban J connectivity index is 1.37. The van der Waals surface area contributed by atoms with Gasteiger partial charge in [-0.05, 0) is 25.0 Å². The van der Waals surface area contributed by atoms with Crippen molar-refractivity contribution in [1.82, 2.24) is 19.8 Å². The lowest BCUT2D eigenvalue weighted by molar-refractivity contribution is -0.138. The van der Waals surface area contributed by atoms with Crippen LogP contribution in [0.2, 0.25) is 0 Å². The molecule has 37 heavy (non-hydrogen) atoms. The average Bonchev–Trinajstić information content (AvgIpc) is 3.33. The van der Waals surface area contributed by atoms with Gasteiger partial charge < -0.3 is 14.4 Å². The monoisotopic (exact) mass is 516 g/mol. The van der Waals surface area contributed by atoms with Gasteiger partial charge in [0.25, 0.3) is 0 Å². The summed E-state index contributed by atoms with van der Waals surface area (Å²) in [5.41, 5.74) is -0.640. The number of nitrogens with zero attached hydrogens (tertiary/aromatic N) is 6. The minimum Gasteiger partial charge on any atom is -0.488 e. The van der Waals surface area contributed by atoms with Crippen LogP contribution in [0.25, 0.3) is 5.76 Å². The molecule has 1 aromatic heterocycles. The second kappa shape index (κ2) is 10.6. The van der Waals surface area contributed by atoms with Gasteiger partial charge in [0.05, 0.1) is 19.3 Å². The molecule has 2 fully saturated rings. The van der Waals surface area contributed by atoms with Crippen molar-refractivity contribution < 1.29 is 27.4 Å². The summed E-state index contributed by atoms with van der Waals surface area (Å²) in [5, 5.41) is 8.79. The van der Waals surface area contributed by atoms with E-state index in [2.05, 4.69) is 25.9 Å². The van der Waals surface area contributed by atoms with Gasteiger partial charge in [0.15, 0.2) is 0 Å². The van der Waals surface area contributed by atoms with Crippen LogP contribution in [0, 0.1) is 17.2 Å². The van der Waals surface area contributed by atoms with Crippen molar-refractivity contribution in [3.63, 3.8) is 0 Å². The fourth-order valence-electron chi connectivity index (χ4n) is 5.16. The predicted octanol–water partition coefficient (Wildman–Crippen LogP) is 3.12. The molecule has 1 amide bonds. The van der Waals surface area contributed by atoms with Crippen molar-refractivity contribution in [2.24, 2.45) is 10.9 Å². The molecule has 1 aromatic rings. The highest BCUT2D eigenvalue weighted by molar-refractivity contribution is 5.97. The minimum atomic E-state index is -4.68. The van der Waals surface area contributed by atoms with E-state index in [9.17, 15) is 18.0 Å². The number of piperidine rings is 1. The SMILES string of the molecule is N#CCC(=O)N1CCC2OC(c3nc(N=C4C=CC(N5CCOCC5)CC4)ncc3C(F)(F)F)=CC2C1. The molecular weight excluding hydrogens is 489 g/mol. The third-order valence-corrected chi connectivity index (χ3v) is 7.10. The molecule has 196 valence electrons. The molecule has 0 bridgehead atoms. The van der Waals surface area contributed by atoms with Crippen molar-refractivity contribution in [2.75, 3.05) is 39.4 Å². The highest BCUT2D eigenvalue weighted by atomic mass is 19.4. The van der Waals surface area contributed by atoms with Crippen molar-refractivity contribution in [1.29, 1.82) is 5.26 Å². The Bertz CT molecular complexity index is 1170. The van der Waals surface area contributed by atoms with Gasteiger partial charge in [0.1, 0.15) is 29.5 Å². The van der Waals surface area contributed by atoms with Gasteiger partial charge in [-0.1, -0.05) is 6.08 Å². The van der Waals surface area contributed by atoms with Crippen molar-refractivity contribution in [3.8, 4) is 6.07 Å². The number of aliphatic imine (C=N–C) groups is 1. The number of hydrogen-bond donors (Lipinski definition) is 0. The summed E-state index contributed by atoms with van der Waals surface area (Å²) >= 11 is 0. The number of carbonyl (C=O) groups is 1. The standard InChI is InChI=1S/C25H27F3N6O3/c26-25(27,28)19-14-30-24(31-17-1-3-18(4-2-17)33-9-11-36-12-10-33)32-23(19)21-13-16-15-34(22(35)5-7-29)8-6-20(16)37-21/h1,3,13-14,16,18,20H,2,4-6,8-12,15H2. The molecule has 5 rings (SSSR count). The van der Waals surface area contributed by atoms with E-state index in [1.165, 1.54) is 0 Å². The van der Waals surface area contributed by atoms with Crippen LogP contribution in [0.4, 0.5) is 19.1 Å². The van der Waals surface area contributed by atoms with Crippen LogP contribution >= 0.6 is 0 Å². The summed E-state index contributed by atoms with van der Waals surface area (Å²) in [4.78, 5) is 28.5. The average molecular weight is 517 g/mol. The quantitative estimate of drug-likeness (QED) is 0.606. The molecule has 3 aliphatic heterocycles. The maximum atomic E-state index is 13.8. The lowest BCUT2D eigenvalue weighted by Gasteiger charge is -2.34. The Labute approximate surface area is 212 Å². The fraction of sp³-hybridized carbons (Fsp3) is 0.560. The number of amides is 1. The number of ether oxygens (including phenoxy) is 2. The number of aromatic nitrogens is 2. The van der Waals surface area contributed by atoms with Gasteiger partial charge >= 0.3 is 6.18 Å². The van der Waals surface area contributed by atoms with Gasteiger partial charge in [0, 0.05) is 56.5 Å². The molecule has 0 spiro atoms. The van der Waals surface area contributed by atoms with Crippen LogP contribution < -0.4 is 0 Å². The molecule has 0 radical (unpaired) electrons. The third-order valence-electron chi connectivity index (χ3n) is 7.10. The molecule has 2 saturated heterocycles. The Hall–Kier alpha value is -3.30. The van der Waals surface area contributed by atoms with Crippen LogP contribution in [0.3, 0.4) is 0 Å². The maximum absolute atomic E-state index is 13.8.